The molecule has 1 aromatic rings. The molecule has 4 rings (SSSR count). The quantitative estimate of drug-likeness (QED) is 0.532. The highest BCUT2D eigenvalue weighted by Crippen LogP contribution is 2.40. The number of hydrogen-bond acceptors (Lipinski definition) is 7. The highest BCUT2D eigenvalue weighted by Gasteiger charge is 2.57. The Balaban J connectivity index is 1.71. The zero-order chi connectivity index (χ0) is 13.7. The minimum absolute atomic E-state index is 0.313. The van der Waals surface area contributed by atoms with Crippen LogP contribution in [0, 0.1) is 5.21 Å². The third-order valence-electron chi connectivity index (χ3n) is 4.51. The van der Waals surface area contributed by atoms with Crippen LogP contribution in [0.5, 0.6) is 0 Å². The molecule has 1 aromatic heterocycles. The van der Waals surface area contributed by atoms with E-state index in [9.17, 15) is 10.3 Å². The standard InChI is InChI=1S/C12H16N4O4/c17-12-7-10(15-3-5-19-6-4-15)16(18)9(12)2-1-8-11(12)14-20-13-8/h10,17H,1-7H2/t10-,12-/m0/s1. The van der Waals surface area contributed by atoms with Crippen LogP contribution in [0.3, 0.4) is 0 Å². The first kappa shape index (κ1) is 12.2. The summed E-state index contributed by atoms with van der Waals surface area (Å²) in [6, 6.07) is 0. The summed E-state index contributed by atoms with van der Waals surface area (Å²) in [4.78, 5) is 2.06. The molecule has 2 atom stereocenters. The van der Waals surface area contributed by atoms with Crippen LogP contribution >= 0.6 is 0 Å². The van der Waals surface area contributed by atoms with Crippen molar-refractivity contribution in [1.82, 2.24) is 15.2 Å². The lowest BCUT2D eigenvalue weighted by Gasteiger charge is -2.30. The SMILES string of the molecule is [O-][N+]1=C2CCc3nonc3[C@]2(O)C[C@H]1N1CCOCC1. The van der Waals surface area contributed by atoms with Gasteiger partial charge in [-0.2, -0.15) is 4.74 Å². The van der Waals surface area contributed by atoms with Gasteiger partial charge in [0.05, 0.1) is 19.6 Å². The van der Waals surface area contributed by atoms with Crippen molar-refractivity contribution in [3.05, 3.63) is 16.6 Å². The molecular weight excluding hydrogens is 264 g/mol. The van der Waals surface area contributed by atoms with E-state index in [0.717, 1.165) is 4.74 Å². The Hall–Kier alpha value is -1.51. The van der Waals surface area contributed by atoms with Crippen LogP contribution in [0.4, 0.5) is 0 Å². The van der Waals surface area contributed by atoms with E-state index in [4.69, 9.17) is 9.37 Å². The Labute approximate surface area is 115 Å². The second kappa shape index (κ2) is 4.24. The number of rotatable bonds is 1. The summed E-state index contributed by atoms with van der Waals surface area (Å²) >= 11 is 0. The van der Waals surface area contributed by atoms with E-state index in [0.29, 0.717) is 62.7 Å². The normalized spacial score (nSPS) is 34.1. The third-order valence-corrected chi connectivity index (χ3v) is 4.51. The molecule has 1 aliphatic carbocycles. The van der Waals surface area contributed by atoms with Gasteiger partial charge in [0.2, 0.25) is 17.5 Å². The van der Waals surface area contributed by atoms with Crippen molar-refractivity contribution >= 4 is 5.71 Å². The van der Waals surface area contributed by atoms with Gasteiger partial charge in [-0.3, -0.25) is 0 Å². The number of fused-ring (bicyclic) bond motifs is 3. The number of aromatic nitrogens is 2. The summed E-state index contributed by atoms with van der Waals surface area (Å²) in [6.07, 6.45) is 1.04. The molecule has 8 nitrogen and oxygen atoms in total. The predicted molar refractivity (Wildman–Crippen MR) is 65.9 cm³/mol. The van der Waals surface area contributed by atoms with E-state index >= 15 is 0 Å². The molecule has 2 aliphatic heterocycles. The smallest absolute Gasteiger partial charge is 0.223 e. The van der Waals surface area contributed by atoms with Gasteiger partial charge >= 0.3 is 0 Å². The molecule has 3 heterocycles. The van der Waals surface area contributed by atoms with Crippen LogP contribution in [0.2, 0.25) is 0 Å². The Morgan fingerprint density at radius 1 is 1.30 bits per heavy atom. The lowest BCUT2D eigenvalue weighted by molar-refractivity contribution is -0.524. The number of aryl methyl sites for hydroxylation is 1. The van der Waals surface area contributed by atoms with Crippen LogP contribution in [-0.4, -0.2) is 63.2 Å². The number of hydrogen-bond donors (Lipinski definition) is 1. The van der Waals surface area contributed by atoms with Crippen molar-refractivity contribution in [3.8, 4) is 0 Å². The fourth-order valence-electron chi connectivity index (χ4n) is 3.45. The average molecular weight is 280 g/mol. The Morgan fingerprint density at radius 3 is 2.90 bits per heavy atom. The van der Waals surface area contributed by atoms with Gasteiger partial charge in [-0.15, -0.1) is 0 Å². The van der Waals surface area contributed by atoms with E-state index in [1.807, 2.05) is 0 Å². The summed E-state index contributed by atoms with van der Waals surface area (Å²) in [7, 11) is 0. The van der Waals surface area contributed by atoms with Crippen molar-refractivity contribution in [2.45, 2.75) is 31.0 Å². The highest BCUT2D eigenvalue weighted by molar-refractivity contribution is 5.91. The summed E-state index contributed by atoms with van der Waals surface area (Å²) in [5.74, 6) is 0. The maximum atomic E-state index is 12.5. The molecule has 1 fully saturated rings. The second-order valence-corrected chi connectivity index (χ2v) is 5.53. The molecule has 108 valence electrons. The molecule has 0 radical (unpaired) electrons. The zero-order valence-electron chi connectivity index (χ0n) is 11.0. The van der Waals surface area contributed by atoms with Gasteiger partial charge < -0.3 is 15.1 Å². The van der Waals surface area contributed by atoms with Crippen molar-refractivity contribution in [2.75, 3.05) is 26.3 Å². The van der Waals surface area contributed by atoms with Gasteiger partial charge in [-0.1, -0.05) is 10.3 Å². The lowest BCUT2D eigenvalue weighted by atomic mass is 9.82. The Bertz CT molecular complexity index is 566. The predicted octanol–water partition coefficient (Wildman–Crippen LogP) is -0.783. The molecule has 0 unspecified atom stereocenters. The summed E-state index contributed by atoms with van der Waals surface area (Å²) in [5.41, 5.74) is 0.234. The Morgan fingerprint density at radius 2 is 2.10 bits per heavy atom. The van der Waals surface area contributed by atoms with E-state index in [1.165, 1.54) is 0 Å². The fourth-order valence-corrected chi connectivity index (χ4v) is 3.45. The van der Waals surface area contributed by atoms with Crippen LogP contribution in [-0.2, 0) is 16.8 Å². The zero-order valence-corrected chi connectivity index (χ0v) is 11.0. The topological polar surface area (TPSA) is 97.7 Å². The summed E-state index contributed by atoms with van der Waals surface area (Å²) in [6.45, 7) is 2.65. The third kappa shape index (κ3) is 1.55. The van der Waals surface area contributed by atoms with Gasteiger partial charge in [0.25, 0.3) is 0 Å². The maximum Gasteiger partial charge on any atom is 0.223 e. The van der Waals surface area contributed by atoms with Gasteiger partial charge in [0.15, 0.2) is 5.69 Å². The number of morpholine rings is 1. The molecular formula is C12H16N4O4. The molecule has 20 heavy (non-hydrogen) atoms. The number of aliphatic hydroxyl groups is 1. The number of hydroxylamine groups is 1. The van der Waals surface area contributed by atoms with E-state index in [1.54, 1.807) is 0 Å². The fraction of sp³-hybridized carbons (Fsp3) is 0.750. The minimum atomic E-state index is -1.32. The molecule has 1 N–H and O–H groups in total. The lowest BCUT2D eigenvalue weighted by Crippen LogP contribution is -2.47. The van der Waals surface area contributed by atoms with Crippen molar-refractivity contribution in [1.29, 1.82) is 0 Å². The van der Waals surface area contributed by atoms with E-state index < -0.39 is 5.60 Å². The average Bonchev–Trinajstić information content (AvgIpc) is 3.04. The summed E-state index contributed by atoms with van der Waals surface area (Å²) < 4.78 is 11.0. The second-order valence-electron chi connectivity index (χ2n) is 5.53. The van der Waals surface area contributed by atoms with Crippen molar-refractivity contribution in [2.24, 2.45) is 0 Å². The van der Waals surface area contributed by atoms with Crippen LogP contribution in [0.15, 0.2) is 4.63 Å². The van der Waals surface area contributed by atoms with Gasteiger partial charge in [-0.05, 0) is 0 Å². The van der Waals surface area contributed by atoms with E-state index in [2.05, 4.69) is 15.2 Å². The van der Waals surface area contributed by atoms with Gasteiger partial charge in [0.1, 0.15) is 5.69 Å². The highest BCUT2D eigenvalue weighted by atomic mass is 16.6. The first-order valence-electron chi connectivity index (χ1n) is 6.89. The van der Waals surface area contributed by atoms with Gasteiger partial charge in [0, 0.05) is 25.9 Å². The molecule has 1 saturated heterocycles. The van der Waals surface area contributed by atoms with Crippen LogP contribution in [0.25, 0.3) is 0 Å². The molecule has 0 saturated carbocycles. The molecule has 0 spiro atoms. The van der Waals surface area contributed by atoms with Gasteiger partial charge in [-0.25, -0.2) is 9.53 Å². The maximum absolute atomic E-state index is 12.5. The molecule has 8 heteroatoms. The molecule has 0 amide bonds. The summed E-state index contributed by atoms with van der Waals surface area (Å²) in [5, 5.41) is 31.1. The van der Waals surface area contributed by atoms with Crippen molar-refractivity contribution in [3.63, 3.8) is 0 Å². The van der Waals surface area contributed by atoms with E-state index in [-0.39, 0.29) is 6.17 Å². The largest absolute Gasteiger partial charge is 0.623 e. The monoisotopic (exact) mass is 280 g/mol. The number of ether oxygens (including phenoxy) is 1. The molecule has 0 bridgehead atoms. The van der Waals surface area contributed by atoms with Crippen LogP contribution < -0.4 is 0 Å². The van der Waals surface area contributed by atoms with Crippen molar-refractivity contribution < 1.29 is 19.2 Å². The molecule has 0 aromatic carbocycles. The van der Waals surface area contributed by atoms with Crippen LogP contribution in [0.1, 0.15) is 24.2 Å². The first-order chi connectivity index (χ1) is 9.70. The first-order valence-corrected chi connectivity index (χ1v) is 6.89. The molecule has 3 aliphatic rings. The Kier molecular flexibility index (Phi) is 2.60. The minimum Gasteiger partial charge on any atom is -0.623 e. The number of nitrogens with zero attached hydrogens (tertiary/aromatic N) is 4.